The number of aromatic nitrogens is 2. The second kappa shape index (κ2) is 5.21. The number of nitrogens with zero attached hydrogens (tertiary/aromatic N) is 2. The molecule has 20 heavy (non-hydrogen) atoms. The summed E-state index contributed by atoms with van der Waals surface area (Å²) in [4.78, 5) is 4.85. The summed E-state index contributed by atoms with van der Waals surface area (Å²) in [5.74, 6) is 1.88. The Balaban J connectivity index is 2.01. The lowest BCUT2D eigenvalue weighted by Gasteiger charge is -2.26. The number of ether oxygens (including phenoxy) is 1. The van der Waals surface area contributed by atoms with Crippen LogP contribution in [0.25, 0.3) is 11.0 Å². The van der Waals surface area contributed by atoms with Crippen molar-refractivity contribution in [1.82, 2.24) is 9.55 Å². The van der Waals surface area contributed by atoms with Gasteiger partial charge in [0.15, 0.2) is 0 Å². The fraction of sp³-hybridized carbons (Fsp3) is 0.588. The van der Waals surface area contributed by atoms with E-state index in [-0.39, 0.29) is 5.41 Å². The molecule has 3 heteroatoms. The molecular weight excluding hydrogens is 248 g/mol. The highest BCUT2D eigenvalue weighted by atomic mass is 16.5. The van der Waals surface area contributed by atoms with Crippen LogP contribution in [0.4, 0.5) is 0 Å². The molecule has 107 valence electrons. The smallest absolute Gasteiger partial charge is 0.115 e. The van der Waals surface area contributed by atoms with E-state index in [2.05, 4.69) is 37.5 Å². The molecule has 2 heterocycles. The molecule has 3 nitrogen and oxygen atoms in total. The Morgan fingerprint density at radius 3 is 2.80 bits per heavy atom. The van der Waals surface area contributed by atoms with E-state index in [0.717, 1.165) is 38.1 Å². The van der Waals surface area contributed by atoms with Crippen LogP contribution in [0.2, 0.25) is 0 Å². The molecule has 1 saturated heterocycles. The van der Waals surface area contributed by atoms with Gasteiger partial charge in [0.25, 0.3) is 0 Å². The van der Waals surface area contributed by atoms with Crippen molar-refractivity contribution in [3.63, 3.8) is 0 Å². The topological polar surface area (TPSA) is 27.1 Å². The highest BCUT2D eigenvalue weighted by molar-refractivity contribution is 5.76. The molecule has 2 aromatic rings. The van der Waals surface area contributed by atoms with Gasteiger partial charge in [-0.3, -0.25) is 0 Å². The molecule has 0 amide bonds. The van der Waals surface area contributed by atoms with E-state index in [1.807, 2.05) is 12.1 Å². The number of imidazole rings is 1. The van der Waals surface area contributed by atoms with Crippen molar-refractivity contribution < 1.29 is 4.74 Å². The Hall–Kier alpha value is -1.35. The second-order valence-corrected chi connectivity index (χ2v) is 6.77. The first-order chi connectivity index (χ1) is 9.55. The molecule has 1 aliphatic heterocycles. The SMILES string of the molecule is CC(C)(C)c1nc2c[c]ccc2n1CC1CCOCC1. The highest BCUT2D eigenvalue weighted by Crippen LogP contribution is 2.28. The number of fused-ring (bicyclic) bond motifs is 1. The van der Waals surface area contributed by atoms with Crippen molar-refractivity contribution in [2.45, 2.75) is 45.6 Å². The molecule has 0 atom stereocenters. The van der Waals surface area contributed by atoms with Gasteiger partial charge in [-0.05, 0) is 37.0 Å². The monoisotopic (exact) mass is 271 g/mol. The van der Waals surface area contributed by atoms with Crippen LogP contribution >= 0.6 is 0 Å². The summed E-state index contributed by atoms with van der Waals surface area (Å²) < 4.78 is 7.89. The average molecular weight is 271 g/mol. The molecule has 1 fully saturated rings. The molecule has 1 aromatic carbocycles. The number of hydrogen-bond acceptors (Lipinski definition) is 2. The Kier molecular flexibility index (Phi) is 3.55. The van der Waals surface area contributed by atoms with Gasteiger partial charge in [-0.25, -0.2) is 4.98 Å². The molecule has 0 aliphatic carbocycles. The molecule has 0 unspecified atom stereocenters. The maximum atomic E-state index is 5.47. The molecule has 0 spiro atoms. The first kappa shape index (κ1) is 13.6. The first-order valence-electron chi connectivity index (χ1n) is 7.50. The molecule has 3 rings (SSSR count). The van der Waals surface area contributed by atoms with E-state index < -0.39 is 0 Å². The standard InChI is InChI=1S/C17H23N2O/c1-17(2,3)16-18-14-6-4-5-7-15(14)19(16)12-13-8-10-20-11-9-13/h5-7,13H,8-12H2,1-3H3. The maximum Gasteiger partial charge on any atom is 0.115 e. The van der Waals surface area contributed by atoms with Gasteiger partial charge in [0.2, 0.25) is 0 Å². The van der Waals surface area contributed by atoms with Gasteiger partial charge in [-0.1, -0.05) is 26.8 Å². The minimum Gasteiger partial charge on any atom is -0.381 e. The third-order valence-corrected chi connectivity index (χ3v) is 4.05. The van der Waals surface area contributed by atoms with Gasteiger partial charge < -0.3 is 9.30 Å². The summed E-state index contributed by atoms with van der Waals surface area (Å²) in [6, 6.07) is 9.25. The van der Waals surface area contributed by atoms with Gasteiger partial charge in [0, 0.05) is 25.2 Å². The maximum absolute atomic E-state index is 5.47. The summed E-state index contributed by atoms with van der Waals surface area (Å²) in [5, 5.41) is 0. The molecule has 0 bridgehead atoms. The van der Waals surface area contributed by atoms with Crippen molar-refractivity contribution in [1.29, 1.82) is 0 Å². The van der Waals surface area contributed by atoms with Crippen LogP contribution in [-0.2, 0) is 16.7 Å². The number of rotatable bonds is 2. The number of benzene rings is 1. The average Bonchev–Trinajstić information content (AvgIpc) is 2.79. The van der Waals surface area contributed by atoms with Crippen LogP contribution < -0.4 is 0 Å². The molecule has 1 aromatic heterocycles. The van der Waals surface area contributed by atoms with E-state index in [1.54, 1.807) is 0 Å². The van der Waals surface area contributed by atoms with Gasteiger partial charge in [-0.15, -0.1) is 0 Å². The third-order valence-electron chi connectivity index (χ3n) is 4.05. The van der Waals surface area contributed by atoms with Crippen LogP contribution in [0, 0.1) is 12.0 Å². The van der Waals surface area contributed by atoms with E-state index >= 15 is 0 Å². The number of hydrogen-bond donors (Lipinski definition) is 0. The summed E-state index contributed by atoms with van der Waals surface area (Å²) in [5.41, 5.74) is 2.36. The Morgan fingerprint density at radius 2 is 2.10 bits per heavy atom. The van der Waals surface area contributed by atoms with E-state index in [9.17, 15) is 0 Å². The molecular formula is C17H23N2O. The zero-order valence-corrected chi connectivity index (χ0v) is 12.6. The molecule has 1 aliphatic rings. The van der Waals surface area contributed by atoms with Gasteiger partial charge >= 0.3 is 0 Å². The van der Waals surface area contributed by atoms with Crippen LogP contribution in [-0.4, -0.2) is 22.8 Å². The third kappa shape index (κ3) is 2.59. The van der Waals surface area contributed by atoms with Crippen molar-refractivity contribution >= 4 is 11.0 Å². The van der Waals surface area contributed by atoms with Crippen molar-refractivity contribution in [3.8, 4) is 0 Å². The molecule has 0 N–H and O–H groups in total. The zero-order valence-electron chi connectivity index (χ0n) is 12.6. The van der Waals surface area contributed by atoms with E-state index in [1.165, 1.54) is 11.3 Å². The highest BCUT2D eigenvalue weighted by Gasteiger charge is 2.25. The van der Waals surface area contributed by atoms with Crippen molar-refractivity contribution in [2.75, 3.05) is 13.2 Å². The van der Waals surface area contributed by atoms with E-state index in [0.29, 0.717) is 5.92 Å². The lowest BCUT2D eigenvalue weighted by atomic mass is 9.94. The van der Waals surface area contributed by atoms with E-state index in [4.69, 9.17) is 9.72 Å². The predicted octanol–water partition coefficient (Wildman–Crippen LogP) is 3.56. The fourth-order valence-corrected chi connectivity index (χ4v) is 2.96. The largest absolute Gasteiger partial charge is 0.381 e. The lowest BCUT2D eigenvalue weighted by molar-refractivity contribution is 0.0611. The van der Waals surface area contributed by atoms with Crippen LogP contribution in [0.5, 0.6) is 0 Å². The Labute approximate surface area is 121 Å². The minimum absolute atomic E-state index is 0.0597. The van der Waals surface area contributed by atoms with Gasteiger partial charge in [-0.2, -0.15) is 0 Å². The summed E-state index contributed by atoms with van der Waals surface area (Å²) in [6.07, 6.45) is 2.31. The summed E-state index contributed by atoms with van der Waals surface area (Å²) in [6.45, 7) is 9.55. The van der Waals surface area contributed by atoms with Crippen LogP contribution in [0.1, 0.15) is 39.4 Å². The molecule has 0 saturated carbocycles. The summed E-state index contributed by atoms with van der Waals surface area (Å²) >= 11 is 0. The summed E-state index contributed by atoms with van der Waals surface area (Å²) in [7, 11) is 0. The van der Waals surface area contributed by atoms with Crippen LogP contribution in [0.3, 0.4) is 0 Å². The van der Waals surface area contributed by atoms with Gasteiger partial charge in [0.1, 0.15) is 5.82 Å². The Bertz CT molecular complexity index is 589. The first-order valence-corrected chi connectivity index (χ1v) is 7.50. The second-order valence-electron chi connectivity index (χ2n) is 6.77. The molecule has 1 radical (unpaired) electrons. The van der Waals surface area contributed by atoms with Gasteiger partial charge in [0.05, 0.1) is 11.0 Å². The predicted molar refractivity (Wildman–Crippen MR) is 80.8 cm³/mol. The normalized spacial score (nSPS) is 17.8. The van der Waals surface area contributed by atoms with Crippen molar-refractivity contribution in [2.24, 2.45) is 5.92 Å². The quantitative estimate of drug-likeness (QED) is 0.835. The zero-order chi connectivity index (χ0) is 14.2. The van der Waals surface area contributed by atoms with Crippen molar-refractivity contribution in [3.05, 3.63) is 30.1 Å². The minimum atomic E-state index is 0.0597. The fourth-order valence-electron chi connectivity index (χ4n) is 2.96. The van der Waals surface area contributed by atoms with Crippen LogP contribution in [0.15, 0.2) is 18.2 Å². The lowest BCUT2D eigenvalue weighted by Crippen LogP contribution is -2.25. The Morgan fingerprint density at radius 1 is 1.35 bits per heavy atom.